The lowest BCUT2D eigenvalue weighted by Crippen LogP contribution is -2.48. The Hall–Kier alpha value is -1.10. The van der Waals surface area contributed by atoms with Gasteiger partial charge in [-0.05, 0) is 26.8 Å². The molecule has 0 saturated carbocycles. The highest BCUT2D eigenvalue weighted by atomic mass is 16.5. The summed E-state index contributed by atoms with van der Waals surface area (Å²) in [5.74, 6) is 0.942. The van der Waals surface area contributed by atoms with E-state index >= 15 is 0 Å². The molecule has 3 atom stereocenters. The Bertz CT molecular complexity index is 415. The molecule has 1 saturated heterocycles. The smallest absolute Gasteiger partial charge is 0.124 e. The topological polar surface area (TPSA) is 47.7 Å². The SMILES string of the molecule is CCOc1ccccc1C(CN)N1C[C@@H](C)O[C@@H](C)C1. The molecular weight excluding hydrogens is 252 g/mol. The first-order valence-electron chi connectivity index (χ1n) is 7.47. The summed E-state index contributed by atoms with van der Waals surface area (Å²) in [6, 6.07) is 8.38. The Kier molecular flexibility index (Phi) is 5.40. The second-order valence-corrected chi connectivity index (χ2v) is 5.43. The molecule has 4 nitrogen and oxygen atoms in total. The van der Waals surface area contributed by atoms with Crippen LogP contribution >= 0.6 is 0 Å². The van der Waals surface area contributed by atoms with Crippen LogP contribution < -0.4 is 10.5 Å². The first-order valence-corrected chi connectivity index (χ1v) is 7.47. The van der Waals surface area contributed by atoms with Crippen molar-refractivity contribution in [1.29, 1.82) is 0 Å². The zero-order chi connectivity index (χ0) is 14.5. The fraction of sp³-hybridized carbons (Fsp3) is 0.625. The van der Waals surface area contributed by atoms with Gasteiger partial charge in [0.15, 0.2) is 0 Å². The van der Waals surface area contributed by atoms with Crippen molar-refractivity contribution < 1.29 is 9.47 Å². The van der Waals surface area contributed by atoms with Gasteiger partial charge in [0, 0.05) is 25.2 Å². The monoisotopic (exact) mass is 278 g/mol. The third kappa shape index (κ3) is 3.51. The molecule has 1 aliphatic rings. The van der Waals surface area contributed by atoms with Gasteiger partial charge in [0.25, 0.3) is 0 Å². The molecule has 2 N–H and O–H groups in total. The molecule has 20 heavy (non-hydrogen) atoms. The zero-order valence-corrected chi connectivity index (χ0v) is 12.7. The second-order valence-electron chi connectivity index (χ2n) is 5.43. The average Bonchev–Trinajstić information content (AvgIpc) is 2.41. The molecule has 0 aromatic heterocycles. The quantitative estimate of drug-likeness (QED) is 0.897. The van der Waals surface area contributed by atoms with E-state index in [1.165, 1.54) is 5.56 Å². The summed E-state index contributed by atoms with van der Waals surface area (Å²) in [5.41, 5.74) is 7.23. The maximum Gasteiger partial charge on any atom is 0.124 e. The molecule has 0 radical (unpaired) electrons. The first kappa shape index (κ1) is 15.3. The van der Waals surface area contributed by atoms with Crippen LogP contribution in [0.2, 0.25) is 0 Å². The lowest BCUT2D eigenvalue weighted by Gasteiger charge is -2.40. The fourth-order valence-electron chi connectivity index (χ4n) is 2.99. The van der Waals surface area contributed by atoms with Crippen molar-refractivity contribution in [3.63, 3.8) is 0 Å². The predicted molar refractivity (Wildman–Crippen MR) is 81.0 cm³/mol. The molecule has 112 valence electrons. The van der Waals surface area contributed by atoms with Crippen molar-refractivity contribution in [3.05, 3.63) is 29.8 Å². The van der Waals surface area contributed by atoms with Gasteiger partial charge in [-0.2, -0.15) is 0 Å². The van der Waals surface area contributed by atoms with Crippen LogP contribution in [-0.2, 0) is 4.74 Å². The molecule has 0 spiro atoms. The van der Waals surface area contributed by atoms with Crippen molar-refractivity contribution in [3.8, 4) is 5.75 Å². The second kappa shape index (κ2) is 7.07. The Balaban J connectivity index is 2.23. The summed E-state index contributed by atoms with van der Waals surface area (Å²) >= 11 is 0. The predicted octanol–water partition coefficient (Wildman–Crippen LogP) is 2.19. The van der Waals surface area contributed by atoms with Gasteiger partial charge in [-0.3, -0.25) is 4.90 Å². The number of para-hydroxylation sites is 1. The van der Waals surface area contributed by atoms with Gasteiger partial charge in [0.2, 0.25) is 0 Å². The maximum absolute atomic E-state index is 6.05. The molecule has 1 aromatic rings. The summed E-state index contributed by atoms with van der Waals surface area (Å²) in [5, 5.41) is 0. The molecule has 0 aliphatic carbocycles. The summed E-state index contributed by atoms with van der Waals surface area (Å²) < 4.78 is 11.6. The highest BCUT2D eigenvalue weighted by Crippen LogP contribution is 2.30. The van der Waals surface area contributed by atoms with Crippen LogP contribution in [0.3, 0.4) is 0 Å². The molecule has 1 aliphatic heterocycles. The van der Waals surface area contributed by atoms with Gasteiger partial charge in [0.1, 0.15) is 5.75 Å². The number of nitrogens with two attached hydrogens (primary N) is 1. The highest BCUT2D eigenvalue weighted by Gasteiger charge is 2.29. The van der Waals surface area contributed by atoms with Crippen LogP contribution in [0.15, 0.2) is 24.3 Å². The van der Waals surface area contributed by atoms with Gasteiger partial charge in [0.05, 0.1) is 24.9 Å². The van der Waals surface area contributed by atoms with Crippen LogP contribution in [0.25, 0.3) is 0 Å². The number of benzene rings is 1. The molecule has 4 heteroatoms. The van der Waals surface area contributed by atoms with Crippen LogP contribution in [0.1, 0.15) is 32.4 Å². The van der Waals surface area contributed by atoms with E-state index < -0.39 is 0 Å². The van der Waals surface area contributed by atoms with Crippen LogP contribution in [0.4, 0.5) is 0 Å². The molecule has 1 aromatic carbocycles. The summed E-state index contributed by atoms with van der Waals surface area (Å²) in [6.45, 7) is 9.32. The van der Waals surface area contributed by atoms with E-state index in [9.17, 15) is 0 Å². The van der Waals surface area contributed by atoms with E-state index in [1.54, 1.807) is 0 Å². The van der Waals surface area contributed by atoms with Gasteiger partial charge in [-0.1, -0.05) is 18.2 Å². The van der Waals surface area contributed by atoms with E-state index in [4.69, 9.17) is 15.2 Å². The lowest BCUT2D eigenvalue weighted by atomic mass is 10.0. The average molecular weight is 278 g/mol. The molecule has 0 amide bonds. The number of hydrogen-bond donors (Lipinski definition) is 1. The molecule has 2 rings (SSSR count). The van der Waals surface area contributed by atoms with Crippen molar-refractivity contribution >= 4 is 0 Å². The molecule has 1 heterocycles. The molecule has 1 unspecified atom stereocenters. The summed E-state index contributed by atoms with van der Waals surface area (Å²) in [6.07, 6.45) is 0.485. The van der Waals surface area contributed by atoms with Gasteiger partial charge in [-0.15, -0.1) is 0 Å². The van der Waals surface area contributed by atoms with Crippen molar-refractivity contribution in [2.75, 3.05) is 26.2 Å². The largest absolute Gasteiger partial charge is 0.494 e. The van der Waals surface area contributed by atoms with Crippen LogP contribution in [-0.4, -0.2) is 43.3 Å². The number of ether oxygens (including phenoxy) is 2. The van der Waals surface area contributed by atoms with E-state index in [1.807, 2.05) is 25.1 Å². The van der Waals surface area contributed by atoms with E-state index in [0.29, 0.717) is 13.2 Å². The van der Waals surface area contributed by atoms with Crippen LogP contribution in [0, 0.1) is 0 Å². The van der Waals surface area contributed by atoms with E-state index in [-0.39, 0.29) is 18.2 Å². The fourth-order valence-corrected chi connectivity index (χ4v) is 2.99. The standard InChI is InChI=1S/C16H26N2O2/c1-4-19-16-8-6-5-7-14(16)15(9-17)18-10-12(2)20-13(3)11-18/h5-8,12-13,15H,4,9-11,17H2,1-3H3/t12-,13+,15?. The third-order valence-corrected chi connectivity index (χ3v) is 3.69. The number of nitrogens with zero attached hydrogens (tertiary/aromatic N) is 1. The third-order valence-electron chi connectivity index (χ3n) is 3.69. The Morgan fingerprint density at radius 1 is 1.30 bits per heavy atom. The normalized spacial score (nSPS) is 25.4. The van der Waals surface area contributed by atoms with E-state index in [0.717, 1.165) is 18.8 Å². The van der Waals surface area contributed by atoms with E-state index in [2.05, 4.69) is 24.8 Å². The Morgan fingerprint density at radius 3 is 2.55 bits per heavy atom. The Morgan fingerprint density at radius 2 is 1.95 bits per heavy atom. The van der Waals surface area contributed by atoms with Crippen LogP contribution in [0.5, 0.6) is 5.75 Å². The number of hydrogen-bond acceptors (Lipinski definition) is 4. The highest BCUT2D eigenvalue weighted by molar-refractivity contribution is 5.36. The van der Waals surface area contributed by atoms with Gasteiger partial charge in [-0.25, -0.2) is 0 Å². The summed E-state index contributed by atoms with van der Waals surface area (Å²) in [7, 11) is 0. The minimum atomic E-state index is 0.187. The van der Waals surface area contributed by atoms with Crippen molar-refractivity contribution in [1.82, 2.24) is 4.90 Å². The molecule has 1 fully saturated rings. The number of rotatable bonds is 5. The minimum absolute atomic E-state index is 0.187. The first-order chi connectivity index (χ1) is 9.65. The van der Waals surface area contributed by atoms with Crippen molar-refractivity contribution in [2.45, 2.75) is 39.0 Å². The molecular formula is C16H26N2O2. The van der Waals surface area contributed by atoms with Gasteiger partial charge < -0.3 is 15.2 Å². The van der Waals surface area contributed by atoms with Crippen molar-refractivity contribution in [2.24, 2.45) is 5.73 Å². The number of morpholine rings is 1. The Labute approximate surface area is 121 Å². The molecule has 0 bridgehead atoms. The minimum Gasteiger partial charge on any atom is -0.494 e. The zero-order valence-electron chi connectivity index (χ0n) is 12.7. The summed E-state index contributed by atoms with van der Waals surface area (Å²) in [4.78, 5) is 2.41. The lowest BCUT2D eigenvalue weighted by molar-refractivity contribution is -0.0801. The van der Waals surface area contributed by atoms with Gasteiger partial charge >= 0.3 is 0 Å². The maximum atomic E-state index is 6.05.